The second-order valence-corrected chi connectivity index (χ2v) is 9.11. The fraction of sp³-hybridized carbons (Fsp3) is 0.233. The average molecular weight is 494 g/mol. The third kappa shape index (κ3) is 6.32. The number of aryl methyl sites for hydroxylation is 5. The van der Waals surface area contributed by atoms with Gasteiger partial charge < -0.3 is 0 Å². The SMILES string of the molecule is C/C=C/CCc1ccc(CCc2ccc3c(F)c(CCc4cc(F)c(Cl)c(F)c4)ccc3c2)nc1. The minimum absolute atomic E-state index is 0.292. The number of pyridine rings is 1. The van der Waals surface area contributed by atoms with Crippen molar-refractivity contribution in [2.75, 3.05) is 0 Å². The quantitative estimate of drug-likeness (QED) is 0.168. The van der Waals surface area contributed by atoms with E-state index in [9.17, 15) is 8.78 Å². The van der Waals surface area contributed by atoms with Crippen LogP contribution in [0.2, 0.25) is 5.02 Å². The molecule has 0 bridgehead atoms. The predicted molar refractivity (Wildman–Crippen MR) is 137 cm³/mol. The number of rotatable bonds is 9. The molecule has 0 aliphatic carbocycles. The van der Waals surface area contributed by atoms with Crippen molar-refractivity contribution in [2.24, 2.45) is 0 Å². The summed E-state index contributed by atoms with van der Waals surface area (Å²) in [5, 5.41) is 0.859. The smallest absolute Gasteiger partial charge is 0.145 e. The third-order valence-electron chi connectivity index (χ3n) is 6.22. The third-order valence-corrected chi connectivity index (χ3v) is 6.58. The number of halogens is 4. The Bertz CT molecular complexity index is 1320. The summed E-state index contributed by atoms with van der Waals surface area (Å²) in [5.74, 6) is -1.90. The van der Waals surface area contributed by atoms with Gasteiger partial charge in [0.1, 0.15) is 22.5 Å². The second kappa shape index (κ2) is 11.5. The number of fused-ring (bicyclic) bond motifs is 1. The molecule has 3 aromatic carbocycles. The topological polar surface area (TPSA) is 12.9 Å². The van der Waals surface area contributed by atoms with Crippen molar-refractivity contribution in [3.05, 3.63) is 123 Å². The number of aromatic nitrogens is 1. The van der Waals surface area contributed by atoms with Crippen molar-refractivity contribution in [3.8, 4) is 0 Å². The van der Waals surface area contributed by atoms with Gasteiger partial charge in [0, 0.05) is 17.3 Å². The highest BCUT2D eigenvalue weighted by Gasteiger charge is 2.12. The van der Waals surface area contributed by atoms with E-state index in [1.807, 2.05) is 37.4 Å². The van der Waals surface area contributed by atoms with E-state index in [2.05, 4.69) is 29.3 Å². The number of allylic oxidation sites excluding steroid dienone is 2. The van der Waals surface area contributed by atoms with Crippen LogP contribution in [-0.2, 0) is 32.1 Å². The fourth-order valence-electron chi connectivity index (χ4n) is 4.21. The van der Waals surface area contributed by atoms with Gasteiger partial charge in [-0.3, -0.25) is 4.98 Å². The van der Waals surface area contributed by atoms with E-state index in [1.165, 1.54) is 17.7 Å². The molecule has 0 amide bonds. The summed E-state index contributed by atoms with van der Waals surface area (Å²) in [7, 11) is 0. The van der Waals surface area contributed by atoms with Crippen LogP contribution in [0.25, 0.3) is 10.8 Å². The Labute approximate surface area is 209 Å². The van der Waals surface area contributed by atoms with Crippen LogP contribution in [0, 0.1) is 17.5 Å². The molecule has 0 N–H and O–H groups in total. The van der Waals surface area contributed by atoms with Gasteiger partial charge in [-0.2, -0.15) is 0 Å². The summed E-state index contributed by atoms with van der Waals surface area (Å²) in [5.41, 5.74) is 4.35. The molecule has 0 spiro atoms. The molecular weight excluding hydrogens is 467 g/mol. The molecule has 0 atom stereocenters. The van der Waals surface area contributed by atoms with Gasteiger partial charge in [0.05, 0.1) is 0 Å². The van der Waals surface area contributed by atoms with Crippen molar-refractivity contribution in [3.63, 3.8) is 0 Å². The lowest BCUT2D eigenvalue weighted by Crippen LogP contribution is -1.99. The van der Waals surface area contributed by atoms with Gasteiger partial charge in [0.25, 0.3) is 0 Å². The van der Waals surface area contributed by atoms with Gasteiger partial charge in [0.2, 0.25) is 0 Å². The second-order valence-electron chi connectivity index (χ2n) is 8.73. The Balaban J connectivity index is 1.40. The Hall–Kier alpha value is -3.11. The number of nitrogens with zero attached hydrogens (tertiary/aromatic N) is 1. The molecule has 4 rings (SSSR count). The zero-order valence-electron chi connectivity index (χ0n) is 19.6. The van der Waals surface area contributed by atoms with E-state index in [0.29, 0.717) is 29.4 Å². The van der Waals surface area contributed by atoms with E-state index in [4.69, 9.17) is 11.6 Å². The van der Waals surface area contributed by atoms with Gasteiger partial charge in [-0.15, -0.1) is 0 Å². The van der Waals surface area contributed by atoms with E-state index in [0.717, 1.165) is 42.3 Å². The first-order chi connectivity index (χ1) is 16.9. The summed E-state index contributed by atoms with van der Waals surface area (Å²) >= 11 is 5.54. The van der Waals surface area contributed by atoms with E-state index < -0.39 is 16.7 Å². The van der Waals surface area contributed by atoms with Crippen LogP contribution in [0.1, 0.15) is 41.3 Å². The number of benzene rings is 3. The highest BCUT2D eigenvalue weighted by molar-refractivity contribution is 6.30. The standard InChI is InChI=1S/C30H27ClF3N/c1-2-3-4-5-21-8-14-25(35-19-21)13-7-20-9-15-26-24(16-20)12-11-23(30(26)34)10-6-22-17-27(32)29(31)28(33)18-22/h2-3,8-9,11-12,14-19H,4-7,10,13H2,1H3/b3-2+. The molecule has 35 heavy (non-hydrogen) atoms. The Morgan fingerprint density at radius 3 is 2.23 bits per heavy atom. The van der Waals surface area contributed by atoms with Crippen molar-refractivity contribution in [1.29, 1.82) is 0 Å². The first-order valence-corrected chi connectivity index (χ1v) is 12.2. The van der Waals surface area contributed by atoms with Crippen LogP contribution >= 0.6 is 11.6 Å². The Morgan fingerprint density at radius 2 is 1.51 bits per heavy atom. The zero-order chi connectivity index (χ0) is 24.8. The van der Waals surface area contributed by atoms with Crippen LogP contribution in [0.3, 0.4) is 0 Å². The van der Waals surface area contributed by atoms with Gasteiger partial charge in [-0.05, 0) is 91.3 Å². The van der Waals surface area contributed by atoms with Crippen molar-refractivity contribution >= 4 is 22.4 Å². The molecule has 1 heterocycles. The highest BCUT2D eigenvalue weighted by Crippen LogP contribution is 2.26. The minimum atomic E-state index is -0.802. The lowest BCUT2D eigenvalue weighted by Gasteiger charge is -2.10. The predicted octanol–water partition coefficient (Wildman–Crippen LogP) is 8.38. The monoisotopic (exact) mass is 493 g/mol. The van der Waals surface area contributed by atoms with Gasteiger partial charge in [-0.25, -0.2) is 13.2 Å². The van der Waals surface area contributed by atoms with Crippen LogP contribution in [0.15, 0.2) is 72.9 Å². The van der Waals surface area contributed by atoms with Gasteiger partial charge in [0.15, 0.2) is 0 Å². The maximum absolute atomic E-state index is 15.1. The number of hydrogen-bond acceptors (Lipinski definition) is 1. The molecule has 1 aromatic heterocycles. The summed E-state index contributed by atoms with van der Waals surface area (Å²) in [6.45, 7) is 2.02. The molecule has 1 nitrogen and oxygen atoms in total. The molecule has 0 saturated carbocycles. The van der Waals surface area contributed by atoms with E-state index >= 15 is 4.39 Å². The lowest BCUT2D eigenvalue weighted by molar-refractivity contribution is 0.579. The normalized spacial score (nSPS) is 11.6. The first-order valence-electron chi connectivity index (χ1n) is 11.8. The highest BCUT2D eigenvalue weighted by atomic mass is 35.5. The molecule has 0 fully saturated rings. The molecule has 0 unspecified atom stereocenters. The van der Waals surface area contributed by atoms with Crippen molar-refractivity contribution < 1.29 is 13.2 Å². The molecule has 180 valence electrons. The summed E-state index contributed by atoms with van der Waals surface area (Å²) < 4.78 is 42.5. The van der Waals surface area contributed by atoms with Gasteiger partial charge >= 0.3 is 0 Å². The van der Waals surface area contributed by atoms with Gasteiger partial charge in [-0.1, -0.05) is 60.2 Å². The van der Waals surface area contributed by atoms with Crippen molar-refractivity contribution in [2.45, 2.75) is 45.4 Å². The molecule has 5 heteroatoms. The summed E-state index contributed by atoms with van der Waals surface area (Å²) in [6, 6.07) is 16.0. The molecule has 0 aliphatic heterocycles. The van der Waals surface area contributed by atoms with Crippen LogP contribution in [0.4, 0.5) is 13.2 Å². The van der Waals surface area contributed by atoms with Crippen molar-refractivity contribution in [1.82, 2.24) is 4.98 Å². The minimum Gasteiger partial charge on any atom is -0.261 e. The molecular formula is C30H27ClF3N. The zero-order valence-corrected chi connectivity index (χ0v) is 20.4. The fourth-order valence-corrected chi connectivity index (χ4v) is 4.32. The maximum Gasteiger partial charge on any atom is 0.145 e. The summed E-state index contributed by atoms with van der Waals surface area (Å²) in [4.78, 5) is 4.58. The van der Waals surface area contributed by atoms with Crippen LogP contribution in [0.5, 0.6) is 0 Å². The number of hydrogen-bond donors (Lipinski definition) is 0. The summed E-state index contributed by atoms with van der Waals surface area (Å²) in [6.07, 6.45) is 10.4. The Morgan fingerprint density at radius 1 is 0.771 bits per heavy atom. The lowest BCUT2D eigenvalue weighted by atomic mass is 9.97. The molecule has 4 aromatic rings. The molecule has 0 aliphatic rings. The van der Waals surface area contributed by atoms with Crippen LogP contribution in [-0.4, -0.2) is 4.98 Å². The molecule has 0 radical (unpaired) electrons. The van der Waals surface area contributed by atoms with E-state index in [1.54, 1.807) is 6.07 Å². The average Bonchev–Trinajstić information content (AvgIpc) is 2.86. The van der Waals surface area contributed by atoms with Crippen LogP contribution < -0.4 is 0 Å². The first kappa shape index (κ1) is 25.0. The Kier molecular flexibility index (Phi) is 8.25. The largest absolute Gasteiger partial charge is 0.261 e. The maximum atomic E-state index is 15.1. The van der Waals surface area contributed by atoms with E-state index in [-0.39, 0.29) is 5.82 Å². The molecule has 0 saturated heterocycles.